The molecule has 0 saturated carbocycles. The van der Waals surface area contributed by atoms with Gasteiger partial charge in [0, 0.05) is 5.41 Å². The summed E-state index contributed by atoms with van der Waals surface area (Å²) in [6, 6.07) is 0. The first kappa shape index (κ1) is 9.06. The third-order valence-corrected chi connectivity index (χ3v) is 2.82. The molecule has 1 aromatic heterocycles. The lowest BCUT2D eigenvalue weighted by atomic mass is 9.92. The van der Waals surface area contributed by atoms with Gasteiger partial charge in [0.15, 0.2) is 0 Å². The van der Waals surface area contributed by atoms with Crippen molar-refractivity contribution in [3.05, 3.63) is 10.2 Å². The molecule has 0 unspecified atom stereocenters. The molecular formula is C9H13BrN2O. The predicted octanol–water partition coefficient (Wildman–Crippen LogP) is 2.34. The highest BCUT2D eigenvalue weighted by Crippen LogP contribution is 2.37. The molecule has 0 bridgehead atoms. The minimum Gasteiger partial charge on any atom is -0.475 e. The lowest BCUT2D eigenvalue weighted by Crippen LogP contribution is -2.14. The van der Waals surface area contributed by atoms with Crippen molar-refractivity contribution >= 4 is 15.9 Å². The van der Waals surface area contributed by atoms with Crippen LogP contribution in [0.2, 0.25) is 0 Å². The highest BCUT2D eigenvalue weighted by atomic mass is 79.9. The Morgan fingerprint density at radius 1 is 1.46 bits per heavy atom. The molecule has 0 radical (unpaired) electrons. The van der Waals surface area contributed by atoms with Crippen molar-refractivity contribution in [2.24, 2.45) is 0 Å². The van der Waals surface area contributed by atoms with Gasteiger partial charge in [-0.15, -0.1) is 0 Å². The van der Waals surface area contributed by atoms with E-state index < -0.39 is 0 Å². The van der Waals surface area contributed by atoms with Gasteiger partial charge in [0.1, 0.15) is 11.1 Å². The molecule has 0 saturated heterocycles. The summed E-state index contributed by atoms with van der Waals surface area (Å²) in [5, 5.41) is 4.51. The largest absolute Gasteiger partial charge is 0.475 e. The zero-order valence-electron chi connectivity index (χ0n) is 8.09. The predicted molar refractivity (Wildman–Crippen MR) is 54.1 cm³/mol. The molecule has 4 heteroatoms. The van der Waals surface area contributed by atoms with Gasteiger partial charge in [0.2, 0.25) is 5.88 Å². The summed E-state index contributed by atoms with van der Waals surface area (Å²) >= 11 is 3.53. The SMILES string of the molecule is CC(C)(C)c1nn2c(c1Br)OCC2. The van der Waals surface area contributed by atoms with Crippen molar-refractivity contribution < 1.29 is 4.74 Å². The number of aromatic nitrogens is 2. The lowest BCUT2D eigenvalue weighted by Gasteiger charge is -2.15. The first-order valence-electron chi connectivity index (χ1n) is 4.40. The maximum absolute atomic E-state index is 5.46. The molecule has 1 aliphatic heterocycles. The minimum atomic E-state index is 0.0690. The second-order valence-electron chi connectivity index (χ2n) is 4.29. The van der Waals surface area contributed by atoms with E-state index in [-0.39, 0.29) is 5.41 Å². The molecule has 0 fully saturated rings. The van der Waals surface area contributed by atoms with Gasteiger partial charge in [0.25, 0.3) is 0 Å². The van der Waals surface area contributed by atoms with Crippen molar-refractivity contribution in [3.8, 4) is 5.88 Å². The van der Waals surface area contributed by atoms with E-state index in [0.717, 1.165) is 29.2 Å². The van der Waals surface area contributed by atoms with Gasteiger partial charge >= 0.3 is 0 Å². The van der Waals surface area contributed by atoms with Crippen LogP contribution in [0, 0.1) is 0 Å². The molecule has 0 spiro atoms. The van der Waals surface area contributed by atoms with Gasteiger partial charge in [-0.25, -0.2) is 4.68 Å². The topological polar surface area (TPSA) is 27.1 Å². The number of hydrogen-bond acceptors (Lipinski definition) is 2. The smallest absolute Gasteiger partial charge is 0.227 e. The fraction of sp³-hybridized carbons (Fsp3) is 0.667. The van der Waals surface area contributed by atoms with E-state index in [0.29, 0.717) is 0 Å². The van der Waals surface area contributed by atoms with Crippen LogP contribution in [-0.4, -0.2) is 16.4 Å². The van der Waals surface area contributed by atoms with Crippen LogP contribution in [0.25, 0.3) is 0 Å². The van der Waals surface area contributed by atoms with Crippen molar-refractivity contribution in [3.63, 3.8) is 0 Å². The molecule has 0 aromatic carbocycles. The van der Waals surface area contributed by atoms with Gasteiger partial charge < -0.3 is 4.74 Å². The first-order chi connectivity index (χ1) is 6.00. The molecule has 1 aliphatic rings. The van der Waals surface area contributed by atoms with Gasteiger partial charge in [0.05, 0.1) is 12.2 Å². The van der Waals surface area contributed by atoms with Crippen LogP contribution in [0.15, 0.2) is 4.47 Å². The molecule has 72 valence electrons. The monoisotopic (exact) mass is 244 g/mol. The van der Waals surface area contributed by atoms with E-state index >= 15 is 0 Å². The molecule has 0 aliphatic carbocycles. The van der Waals surface area contributed by atoms with E-state index in [4.69, 9.17) is 4.74 Å². The normalized spacial score (nSPS) is 15.7. The molecule has 13 heavy (non-hydrogen) atoms. The Kier molecular flexibility index (Phi) is 1.91. The second kappa shape index (κ2) is 2.74. The summed E-state index contributed by atoms with van der Waals surface area (Å²) in [6.45, 7) is 8.05. The number of fused-ring (bicyclic) bond motifs is 1. The third kappa shape index (κ3) is 1.37. The highest BCUT2D eigenvalue weighted by molar-refractivity contribution is 9.10. The zero-order valence-corrected chi connectivity index (χ0v) is 9.68. The van der Waals surface area contributed by atoms with E-state index in [9.17, 15) is 0 Å². The standard InChI is InChI=1S/C9H13BrN2O/c1-9(2,3)7-6(10)8-12(11-7)4-5-13-8/h4-5H2,1-3H3. The molecule has 0 N–H and O–H groups in total. The Morgan fingerprint density at radius 3 is 2.69 bits per heavy atom. The summed E-state index contributed by atoms with van der Waals surface area (Å²) < 4.78 is 8.39. The van der Waals surface area contributed by atoms with E-state index in [2.05, 4.69) is 41.8 Å². The average molecular weight is 245 g/mol. The summed E-state index contributed by atoms with van der Waals surface area (Å²) in [4.78, 5) is 0. The lowest BCUT2D eigenvalue weighted by molar-refractivity contribution is 0.353. The van der Waals surface area contributed by atoms with E-state index in [1.807, 2.05) is 4.68 Å². The van der Waals surface area contributed by atoms with Crippen LogP contribution in [0.1, 0.15) is 26.5 Å². The number of ether oxygens (including phenoxy) is 1. The summed E-state index contributed by atoms with van der Waals surface area (Å²) in [5.41, 5.74) is 1.14. The molecule has 0 amide bonds. The molecule has 0 atom stereocenters. The maximum atomic E-state index is 5.46. The Bertz CT molecular complexity index is 338. The quantitative estimate of drug-likeness (QED) is 0.701. The van der Waals surface area contributed by atoms with Crippen molar-refractivity contribution in [1.29, 1.82) is 0 Å². The third-order valence-electron chi connectivity index (χ3n) is 2.10. The van der Waals surface area contributed by atoms with Gasteiger partial charge in [-0.05, 0) is 15.9 Å². The van der Waals surface area contributed by atoms with Crippen molar-refractivity contribution in [2.75, 3.05) is 6.61 Å². The highest BCUT2D eigenvalue weighted by Gasteiger charge is 2.28. The molecule has 2 heterocycles. The summed E-state index contributed by atoms with van der Waals surface area (Å²) in [7, 11) is 0. The van der Waals surface area contributed by atoms with Crippen LogP contribution < -0.4 is 4.74 Å². The molecule has 3 nitrogen and oxygen atoms in total. The van der Waals surface area contributed by atoms with Crippen LogP contribution in [0.4, 0.5) is 0 Å². The Labute approximate surface area is 86.2 Å². The number of hydrogen-bond donors (Lipinski definition) is 0. The van der Waals surface area contributed by atoms with Gasteiger partial charge in [-0.2, -0.15) is 5.10 Å². The van der Waals surface area contributed by atoms with Crippen LogP contribution in [0.5, 0.6) is 5.88 Å². The average Bonchev–Trinajstić information content (AvgIpc) is 2.51. The Balaban J connectivity index is 2.51. The molecule has 1 aromatic rings. The van der Waals surface area contributed by atoms with Crippen LogP contribution >= 0.6 is 15.9 Å². The Hall–Kier alpha value is -0.510. The van der Waals surface area contributed by atoms with Crippen molar-refractivity contribution in [2.45, 2.75) is 32.7 Å². The van der Waals surface area contributed by atoms with Crippen molar-refractivity contribution in [1.82, 2.24) is 9.78 Å². The summed E-state index contributed by atoms with van der Waals surface area (Å²) in [6.07, 6.45) is 0. The minimum absolute atomic E-state index is 0.0690. The van der Waals surface area contributed by atoms with E-state index in [1.165, 1.54) is 0 Å². The van der Waals surface area contributed by atoms with Crippen LogP contribution in [0.3, 0.4) is 0 Å². The fourth-order valence-corrected chi connectivity index (χ4v) is 2.42. The Morgan fingerprint density at radius 2 is 2.15 bits per heavy atom. The molecular weight excluding hydrogens is 232 g/mol. The summed E-state index contributed by atoms with van der Waals surface area (Å²) in [5.74, 6) is 0.880. The number of nitrogens with zero attached hydrogens (tertiary/aromatic N) is 2. The maximum Gasteiger partial charge on any atom is 0.227 e. The number of rotatable bonds is 0. The van der Waals surface area contributed by atoms with Gasteiger partial charge in [-0.3, -0.25) is 0 Å². The number of halogens is 1. The molecule has 2 rings (SSSR count). The fourth-order valence-electron chi connectivity index (χ4n) is 1.42. The zero-order chi connectivity index (χ0) is 9.64. The first-order valence-corrected chi connectivity index (χ1v) is 5.19. The van der Waals surface area contributed by atoms with E-state index in [1.54, 1.807) is 0 Å². The van der Waals surface area contributed by atoms with Crippen LogP contribution in [-0.2, 0) is 12.0 Å². The van der Waals surface area contributed by atoms with Gasteiger partial charge in [-0.1, -0.05) is 20.8 Å². The second-order valence-corrected chi connectivity index (χ2v) is 5.08.